The van der Waals surface area contributed by atoms with E-state index in [0.717, 1.165) is 17.7 Å². The van der Waals surface area contributed by atoms with Gasteiger partial charge in [0.2, 0.25) is 0 Å². The molecule has 1 atom stereocenters. The number of rotatable bonds is 6. The molecule has 0 unspecified atom stereocenters. The lowest BCUT2D eigenvalue weighted by Crippen LogP contribution is -2.17. The Balaban J connectivity index is 2.17. The van der Waals surface area contributed by atoms with Gasteiger partial charge in [0.15, 0.2) is 0 Å². The van der Waals surface area contributed by atoms with E-state index < -0.39 is 11.7 Å². The number of hydrogen-bond acceptors (Lipinski definition) is 3. The second kappa shape index (κ2) is 7.86. The number of nitrogens with one attached hydrogen (secondary N) is 1. The SMILES string of the molecule is CCOC(=O)C[C@H](Nc1ccc(C(F)(F)F)cc1)c1ccccc1. The molecule has 0 bridgehead atoms. The van der Waals surface area contributed by atoms with Crippen LogP contribution in [-0.4, -0.2) is 12.6 Å². The van der Waals surface area contributed by atoms with Gasteiger partial charge in [-0.15, -0.1) is 0 Å². The normalized spacial score (nSPS) is 12.5. The summed E-state index contributed by atoms with van der Waals surface area (Å²) < 4.78 is 42.8. The van der Waals surface area contributed by atoms with Crippen LogP contribution >= 0.6 is 0 Å². The van der Waals surface area contributed by atoms with Crippen LogP contribution < -0.4 is 5.32 Å². The largest absolute Gasteiger partial charge is 0.466 e. The highest BCUT2D eigenvalue weighted by atomic mass is 19.4. The van der Waals surface area contributed by atoms with Gasteiger partial charge in [-0.05, 0) is 36.8 Å². The molecular weight excluding hydrogens is 319 g/mol. The first-order chi connectivity index (χ1) is 11.4. The smallest absolute Gasteiger partial charge is 0.416 e. The minimum absolute atomic E-state index is 0.0822. The third-order valence-electron chi connectivity index (χ3n) is 3.43. The number of carbonyl (C=O) groups excluding carboxylic acids is 1. The molecule has 2 rings (SSSR count). The van der Waals surface area contributed by atoms with Gasteiger partial charge in [0, 0.05) is 5.69 Å². The van der Waals surface area contributed by atoms with Gasteiger partial charge in [-0.25, -0.2) is 0 Å². The van der Waals surface area contributed by atoms with Gasteiger partial charge in [-0.2, -0.15) is 13.2 Å². The van der Waals surface area contributed by atoms with Gasteiger partial charge in [-0.1, -0.05) is 30.3 Å². The van der Waals surface area contributed by atoms with Crippen molar-refractivity contribution in [2.75, 3.05) is 11.9 Å². The zero-order valence-corrected chi connectivity index (χ0v) is 13.1. The summed E-state index contributed by atoms with van der Waals surface area (Å²) in [5, 5.41) is 3.10. The average Bonchev–Trinajstić information content (AvgIpc) is 2.55. The van der Waals surface area contributed by atoms with Crippen LogP contribution in [0.25, 0.3) is 0 Å². The fourth-order valence-corrected chi connectivity index (χ4v) is 2.28. The van der Waals surface area contributed by atoms with Gasteiger partial charge >= 0.3 is 12.1 Å². The van der Waals surface area contributed by atoms with Crippen LogP contribution in [0.4, 0.5) is 18.9 Å². The van der Waals surface area contributed by atoms with E-state index >= 15 is 0 Å². The van der Waals surface area contributed by atoms with Gasteiger partial charge < -0.3 is 10.1 Å². The summed E-state index contributed by atoms with van der Waals surface area (Å²) in [6, 6.07) is 13.5. The molecule has 0 spiro atoms. The molecule has 0 heterocycles. The summed E-state index contributed by atoms with van der Waals surface area (Å²) in [6.45, 7) is 2.00. The topological polar surface area (TPSA) is 38.3 Å². The molecule has 2 aromatic carbocycles. The van der Waals surface area contributed by atoms with Crippen molar-refractivity contribution in [1.82, 2.24) is 0 Å². The zero-order valence-electron chi connectivity index (χ0n) is 13.1. The van der Waals surface area contributed by atoms with Crippen molar-refractivity contribution in [3.63, 3.8) is 0 Å². The van der Waals surface area contributed by atoms with Crippen molar-refractivity contribution in [3.8, 4) is 0 Å². The van der Waals surface area contributed by atoms with E-state index in [-0.39, 0.29) is 25.0 Å². The van der Waals surface area contributed by atoms with Crippen LogP contribution in [0.15, 0.2) is 54.6 Å². The first-order valence-electron chi connectivity index (χ1n) is 7.54. The molecule has 0 saturated carbocycles. The molecule has 0 amide bonds. The first-order valence-corrected chi connectivity index (χ1v) is 7.54. The molecule has 3 nitrogen and oxygen atoms in total. The standard InChI is InChI=1S/C18H18F3NO2/c1-2-24-17(23)12-16(13-6-4-3-5-7-13)22-15-10-8-14(9-11-15)18(19,20)21/h3-11,16,22H,2,12H2,1H3/t16-/m0/s1. The van der Waals surface area contributed by atoms with Crippen LogP contribution in [0.3, 0.4) is 0 Å². The van der Waals surface area contributed by atoms with Gasteiger partial charge in [0.05, 0.1) is 24.6 Å². The molecule has 0 radical (unpaired) electrons. The summed E-state index contributed by atoms with van der Waals surface area (Å²) in [6.07, 6.45) is -4.29. The summed E-state index contributed by atoms with van der Waals surface area (Å²) in [4.78, 5) is 11.8. The van der Waals surface area contributed by atoms with Crippen LogP contribution in [0.5, 0.6) is 0 Å². The summed E-state index contributed by atoms with van der Waals surface area (Å²) in [7, 11) is 0. The first kappa shape index (κ1) is 17.8. The van der Waals surface area contributed by atoms with E-state index in [1.807, 2.05) is 30.3 Å². The second-order valence-corrected chi connectivity index (χ2v) is 5.19. The summed E-state index contributed by atoms with van der Waals surface area (Å²) >= 11 is 0. The third-order valence-corrected chi connectivity index (χ3v) is 3.43. The molecule has 6 heteroatoms. The quantitative estimate of drug-likeness (QED) is 0.769. The van der Waals surface area contributed by atoms with Crippen LogP contribution in [-0.2, 0) is 15.7 Å². The lowest BCUT2D eigenvalue weighted by Gasteiger charge is -2.20. The van der Waals surface area contributed by atoms with Crippen molar-refractivity contribution in [3.05, 3.63) is 65.7 Å². The molecule has 0 aromatic heterocycles. The second-order valence-electron chi connectivity index (χ2n) is 5.19. The molecule has 0 aliphatic carbocycles. The Bertz CT molecular complexity index is 654. The fraction of sp³-hybridized carbons (Fsp3) is 0.278. The van der Waals surface area contributed by atoms with Gasteiger partial charge in [0.25, 0.3) is 0 Å². The molecular formula is C18H18F3NO2. The summed E-state index contributed by atoms with van der Waals surface area (Å²) in [5.74, 6) is -0.370. The van der Waals surface area contributed by atoms with Gasteiger partial charge in [0.1, 0.15) is 0 Å². The predicted molar refractivity (Wildman–Crippen MR) is 85.5 cm³/mol. The lowest BCUT2D eigenvalue weighted by atomic mass is 10.0. The third kappa shape index (κ3) is 5.01. The molecule has 2 aromatic rings. The number of alkyl halides is 3. The van der Waals surface area contributed by atoms with E-state index in [2.05, 4.69) is 5.32 Å². The van der Waals surface area contributed by atoms with E-state index in [1.165, 1.54) is 12.1 Å². The number of esters is 1. The lowest BCUT2D eigenvalue weighted by molar-refractivity contribution is -0.143. The molecule has 0 aliphatic heterocycles. The fourth-order valence-electron chi connectivity index (χ4n) is 2.28. The van der Waals surface area contributed by atoms with Crippen LogP contribution in [0.1, 0.15) is 30.5 Å². The Kier molecular flexibility index (Phi) is 5.84. The monoisotopic (exact) mass is 337 g/mol. The van der Waals surface area contributed by atoms with E-state index in [9.17, 15) is 18.0 Å². The highest BCUT2D eigenvalue weighted by molar-refractivity contribution is 5.71. The van der Waals surface area contributed by atoms with Crippen LogP contribution in [0.2, 0.25) is 0 Å². The average molecular weight is 337 g/mol. The van der Waals surface area contributed by atoms with Crippen molar-refractivity contribution in [2.45, 2.75) is 25.6 Å². The molecule has 128 valence electrons. The highest BCUT2D eigenvalue weighted by Gasteiger charge is 2.30. The maximum atomic E-state index is 12.6. The zero-order chi connectivity index (χ0) is 17.6. The van der Waals surface area contributed by atoms with Crippen molar-refractivity contribution < 1.29 is 22.7 Å². The van der Waals surface area contributed by atoms with E-state index in [1.54, 1.807) is 6.92 Å². The Morgan fingerprint density at radius 3 is 2.25 bits per heavy atom. The molecule has 24 heavy (non-hydrogen) atoms. The molecule has 0 aliphatic rings. The van der Waals surface area contributed by atoms with Gasteiger partial charge in [-0.3, -0.25) is 4.79 Å². The maximum absolute atomic E-state index is 12.6. The highest BCUT2D eigenvalue weighted by Crippen LogP contribution is 2.31. The van der Waals surface area contributed by atoms with Crippen molar-refractivity contribution in [1.29, 1.82) is 0 Å². The molecule has 0 fully saturated rings. The Labute approximate surface area is 138 Å². The Hall–Kier alpha value is -2.50. The molecule has 0 saturated heterocycles. The van der Waals surface area contributed by atoms with Crippen molar-refractivity contribution >= 4 is 11.7 Å². The Morgan fingerprint density at radius 2 is 1.71 bits per heavy atom. The number of benzene rings is 2. The Morgan fingerprint density at radius 1 is 1.08 bits per heavy atom. The summed E-state index contributed by atoms with van der Waals surface area (Å²) in [5.41, 5.74) is 0.640. The predicted octanol–water partition coefficient (Wildman–Crippen LogP) is 4.81. The number of halogens is 3. The minimum Gasteiger partial charge on any atom is -0.466 e. The van der Waals surface area contributed by atoms with Crippen LogP contribution in [0, 0.1) is 0 Å². The number of hydrogen-bond donors (Lipinski definition) is 1. The molecule has 1 N–H and O–H groups in total. The van der Waals surface area contributed by atoms with E-state index in [0.29, 0.717) is 5.69 Å². The number of ether oxygens (including phenoxy) is 1. The van der Waals surface area contributed by atoms with Crippen molar-refractivity contribution in [2.24, 2.45) is 0 Å². The minimum atomic E-state index is -4.37. The van der Waals surface area contributed by atoms with E-state index in [4.69, 9.17) is 4.74 Å². The maximum Gasteiger partial charge on any atom is 0.416 e. The number of carbonyl (C=O) groups is 1. The number of anilines is 1.